The number of nitrogens with one attached hydrogen (secondary N) is 1. The summed E-state index contributed by atoms with van der Waals surface area (Å²) in [6.45, 7) is 4.21. The first-order valence-electron chi connectivity index (χ1n) is 10.4. The minimum absolute atomic E-state index is 0.0404. The van der Waals surface area contributed by atoms with E-state index in [0.29, 0.717) is 5.11 Å². The Balaban J connectivity index is 1.66. The molecule has 2 atom stereocenters. The van der Waals surface area contributed by atoms with E-state index in [9.17, 15) is 0 Å². The highest BCUT2D eigenvalue weighted by molar-refractivity contribution is 7.80. The third kappa shape index (κ3) is 3.62. The van der Waals surface area contributed by atoms with Gasteiger partial charge in [0.2, 0.25) is 0 Å². The van der Waals surface area contributed by atoms with Gasteiger partial charge >= 0.3 is 0 Å². The van der Waals surface area contributed by atoms with Gasteiger partial charge in [0.25, 0.3) is 0 Å². The first-order valence-corrected chi connectivity index (χ1v) is 10.8. The van der Waals surface area contributed by atoms with Crippen molar-refractivity contribution < 1.29 is 0 Å². The van der Waals surface area contributed by atoms with E-state index < -0.39 is 0 Å². The first kappa shape index (κ1) is 19.5. The molecule has 1 N–H and O–H groups in total. The number of hydrogen-bond donors (Lipinski definition) is 1. The van der Waals surface area contributed by atoms with Gasteiger partial charge in [0.05, 0.1) is 11.7 Å². The molecule has 4 aromatic rings. The second-order valence-corrected chi connectivity index (χ2v) is 8.36. The van der Waals surface area contributed by atoms with Crippen molar-refractivity contribution in [3.8, 4) is 5.69 Å². The van der Waals surface area contributed by atoms with Crippen LogP contribution >= 0.6 is 12.2 Å². The Morgan fingerprint density at radius 2 is 1.48 bits per heavy atom. The number of thiocarbonyl (C=S) groups is 1. The molecule has 0 saturated carbocycles. The first-order chi connectivity index (χ1) is 15.1. The summed E-state index contributed by atoms with van der Waals surface area (Å²) in [7, 11) is 0. The lowest BCUT2D eigenvalue weighted by Crippen LogP contribution is -2.30. The van der Waals surface area contributed by atoms with E-state index in [1.54, 1.807) is 0 Å². The molecule has 2 aromatic heterocycles. The predicted octanol–water partition coefficient (Wildman–Crippen LogP) is 5.67. The summed E-state index contributed by atoms with van der Waals surface area (Å²) in [6.07, 6.45) is 3.95. The number of aryl methyl sites for hydroxylation is 2. The molecular weight excluding hydrogens is 400 g/mol. The second-order valence-electron chi connectivity index (χ2n) is 7.97. The van der Waals surface area contributed by atoms with Crippen LogP contribution in [0.2, 0.25) is 0 Å². The van der Waals surface area contributed by atoms with Gasteiger partial charge in [-0.25, -0.2) is 0 Å². The van der Waals surface area contributed by atoms with Crippen LogP contribution < -0.4 is 10.2 Å². The summed E-state index contributed by atoms with van der Waals surface area (Å²) in [5, 5.41) is 4.25. The molecule has 3 heterocycles. The summed E-state index contributed by atoms with van der Waals surface area (Å²) in [5.41, 5.74) is 6.81. The lowest BCUT2D eigenvalue weighted by Gasteiger charge is -2.29. The molecule has 5 heteroatoms. The molecule has 154 valence electrons. The number of aromatic nitrogens is 2. The van der Waals surface area contributed by atoms with Gasteiger partial charge in [-0.2, -0.15) is 0 Å². The minimum atomic E-state index is -0.0610. The summed E-state index contributed by atoms with van der Waals surface area (Å²) < 4.78 is 2.25. The van der Waals surface area contributed by atoms with Gasteiger partial charge in [0, 0.05) is 29.5 Å². The Bertz CT molecular complexity index is 1200. The average Bonchev–Trinajstić information content (AvgIpc) is 3.40. The summed E-state index contributed by atoms with van der Waals surface area (Å²) in [6, 6.07) is 27.3. The zero-order valence-corrected chi connectivity index (χ0v) is 18.4. The van der Waals surface area contributed by atoms with Crippen molar-refractivity contribution in [1.29, 1.82) is 0 Å². The van der Waals surface area contributed by atoms with Crippen molar-refractivity contribution in [2.24, 2.45) is 0 Å². The zero-order chi connectivity index (χ0) is 21.4. The Labute approximate surface area is 188 Å². The molecule has 0 bridgehead atoms. The fourth-order valence-electron chi connectivity index (χ4n) is 4.21. The SMILES string of the molecule is Cc1ccc(N2C(=S)N[C@H](c3ccccn3)[C@@H]2c2cccn2-c2ccc(C)cc2)cc1. The molecule has 31 heavy (non-hydrogen) atoms. The van der Waals surface area contributed by atoms with E-state index in [1.807, 2.05) is 18.3 Å². The van der Waals surface area contributed by atoms with Gasteiger partial charge in [-0.3, -0.25) is 4.98 Å². The van der Waals surface area contributed by atoms with Crippen molar-refractivity contribution in [2.45, 2.75) is 25.9 Å². The third-order valence-corrected chi connectivity index (χ3v) is 6.12. The highest BCUT2D eigenvalue weighted by Crippen LogP contribution is 2.42. The second kappa shape index (κ2) is 8.00. The van der Waals surface area contributed by atoms with Gasteiger partial charge in [0.15, 0.2) is 5.11 Å². The summed E-state index contributed by atoms with van der Waals surface area (Å²) >= 11 is 5.84. The molecule has 0 aliphatic carbocycles. The van der Waals surface area contributed by atoms with Crippen molar-refractivity contribution in [3.05, 3.63) is 114 Å². The van der Waals surface area contributed by atoms with Crippen LogP contribution in [0.3, 0.4) is 0 Å². The molecule has 0 radical (unpaired) electrons. The van der Waals surface area contributed by atoms with Gasteiger partial charge in [-0.15, -0.1) is 0 Å². The van der Waals surface area contributed by atoms with E-state index in [2.05, 4.69) is 107 Å². The molecule has 4 nitrogen and oxygen atoms in total. The quantitative estimate of drug-likeness (QED) is 0.428. The monoisotopic (exact) mass is 424 g/mol. The molecule has 0 unspecified atom stereocenters. The van der Waals surface area contributed by atoms with Crippen LogP contribution in [0, 0.1) is 13.8 Å². The normalized spacial score (nSPS) is 18.3. The molecule has 5 rings (SSSR count). The smallest absolute Gasteiger partial charge is 0.174 e. The number of hydrogen-bond acceptors (Lipinski definition) is 2. The zero-order valence-electron chi connectivity index (χ0n) is 17.6. The van der Waals surface area contributed by atoms with Crippen LogP contribution in [0.1, 0.15) is 34.6 Å². The van der Waals surface area contributed by atoms with Crippen LogP contribution in [0.5, 0.6) is 0 Å². The number of nitrogens with zero attached hydrogens (tertiary/aromatic N) is 3. The number of anilines is 1. The molecule has 1 saturated heterocycles. The molecular formula is C26H24N4S. The van der Waals surface area contributed by atoms with E-state index in [-0.39, 0.29) is 12.1 Å². The third-order valence-electron chi connectivity index (χ3n) is 5.81. The molecule has 1 aliphatic heterocycles. The number of rotatable bonds is 4. The summed E-state index contributed by atoms with van der Waals surface area (Å²) in [4.78, 5) is 6.87. The number of pyridine rings is 1. The molecule has 0 spiro atoms. The standard InChI is InChI=1S/C26H24N4S/c1-18-8-12-20(13-9-18)29-17-5-7-23(29)25-24(22-6-3-4-16-27-22)28-26(31)30(25)21-14-10-19(2)11-15-21/h3-17,24-25H,1-2H3,(H,28,31)/t24-,25+/m1/s1. The lowest BCUT2D eigenvalue weighted by molar-refractivity contribution is 0.549. The van der Waals surface area contributed by atoms with Crippen LogP contribution in [-0.2, 0) is 0 Å². The van der Waals surface area contributed by atoms with Gasteiger partial charge in [-0.05, 0) is 74.6 Å². The van der Waals surface area contributed by atoms with E-state index in [1.165, 1.54) is 11.1 Å². The number of benzene rings is 2. The average molecular weight is 425 g/mol. The minimum Gasteiger partial charge on any atom is -0.351 e. The lowest BCUT2D eigenvalue weighted by atomic mass is 10.0. The Morgan fingerprint density at radius 3 is 2.13 bits per heavy atom. The molecule has 1 aliphatic rings. The van der Waals surface area contributed by atoms with Gasteiger partial charge < -0.3 is 14.8 Å². The van der Waals surface area contributed by atoms with E-state index in [0.717, 1.165) is 22.8 Å². The maximum Gasteiger partial charge on any atom is 0.174 e. The largest absolute Gasteiger partial charge is 0.351 e. The maximum absolute atomic E-state index is 5.84. The maximum atomic E-state index is 5.84. The fraction of sp³-hybridized carbons (Fsp3) is 0.154. The van der Waals surface area contributed by atoms with E-state index in [4.69, 9.17) is 12.2 Å². The van der Waals surface area contributed by atoms with Crippen molar-refractivity contribution in [1.82, 2.24) is 14.9 Å². The molecule has 2 aromatic carbocycles. The van der Waals surface area contributed by atoms with Crippen LogP contribution in [-0.4, -0.2) is 14.7 Å². The van der Waals surface area contributed by atoms with E-state index >= 15 is 0 Å². The van der Waals surface area contributed by atoms with Crippen LogP contribution in [0.15, 0.2) is 91.3 Å². The van der Waals surface area contributed by atoms with Crippen LogP contribution in [0.4, 0.5) is 5.69 Å². The van der Waals surface area contributed by atoms with Gasteiger partial charge in [-0.1, -0.05) is 41.5 Å². The molecule has 1 fully saturated rings. The van der Waals surface area contributed by atoms with Crippen LogP contribution in [0.25, 0.3) is 5.69 Å². The Morgan fingerprint density at radius 1 is 0.806 bits per heavy atom. The topological polar surface area (TPSA) is 33.1 Å². The Hall–Kier alpha value is -3.44. The predicted molar refractivity (Wildman–Crippen MR) is 130 cm³/mol. The fourth-order valence-corrected chi connectivity index (χ4v) is 4.56. The molecule has 0 amide bonds. The Kier molecular flexibility index (Phi) is 5.04. The highest BCUT2D eigenvalue weighted by atomic mass is 32.1. The van der Waals surface area contributed by atoms with Gasteiger partial charge in [0.1, 0.15) is 6.04 Å². The highest BCUT2D eigenvalue weighted by Gasteiger charge is 2.42. The summed E-state index contributed by atoms with van der Waals surface area (Å²) in [5.74, 6) is 0. The van der Waals surface area contributed by atoms with Crippen molar-refractivity contribution >= 4 is 23.0 Å². The van der Waals surface area contributed by atoms with Crippen molar-refractivity contribution in [2.75, 3.05) is 4.90 Å². The van der Waals surface area contributed by atoms with Crippen molar-refractivity contribution in [3.63, 3.8) is 0 Å².